The van der Waals surface area contributed by atoms with E-state index in [1.165, 1.54) is 0 Å². The Labute approximate surface area is 193 Å². The Morgan fingerprint density at radius 1 is 1.31 bits per heavy atom. The molecule has 1 saturated heterocycles. The molecule has 3 unspecified atom stereocenters. The molecule has 1 aliphatic rings. The van der Waals surface area contributed by atoms with Crippen LogP contribution in [0, 0.1) is 12.3 Å². The lowest BCUT2D eigenvalue weighted by Gasteiger charge is -2.25. The van der Waals surface area contributed by atoms with Crippen molar-refractivity contribution in [3.63, 3.8) is 0 Å². The van der Waals surface area contributed by atoms with Crippen molar-refractivity contribution in [3.05, 3.63) is 16.7 Å². The number of nitrogen functional groups attached to an aromatic ring is 1. The van der Waals surface area contributed by atoms with Crippen LogP contribution in [0.5, 0.6) is 0 Å². The number of nitrogens with one attached hydrogen (secondary N) is 1. The third kappa shape index (κ3) is 5.70. The molecule has 2 aromatic rings. The van der Waals surface area contributed by atoms with Gasteiger partial charge in [0.1, 0.15) is 12.2 Å². The smallest absolute Gasteiger partial charge is 0.386 e. The van der Waals surface area contributed by atoms with Crippen LogP contribution in [0.25, 0.3) is 11.2 Å². The molecule has 0 amide bonds. The number of fused-ring (bicyclic) bond motifs is 1. The summed E-state index contributed by atoms with van der Waals surface area (Å²) in [5, 5.41) is 10.5. The fourth-order valence-electron chi connectivity index (χ4n) is 3.18. The summed E-state index contributed by atoms with van der Waals surface area (Å²) in [6.07, 6.45) is -1.72. The van der Waals surface area contributed by atoms with E-state index < -0.39 is 59.2 Å². The van der Waals surface area contributed by atoms with E-state index in [0.717, 1.165) is 17.8 Å². The zero-order chi connectivity index (χ0) is 26.6. The average Bonchev–Trinajstić information content (AvgIpc) is 3.18. The number of aliphatic hydroxyl groups excluding tert-OH is 1. The molecule has 0 aliphatic carbocycles. The Bertz CT molecular complexity index is 1390. The van der Waals surface area contributed by atoms with Crippen molar-refractivity contribution in [3.8, 4) is 12.3 Å². The van der Waals surface area contributed by atoms with Crippen molar-refractivity contribution in [1.29, 1.82) is 0 Å². The van der Waals surface area contributed by atoms with Gasteiger partial charge >= 0.3 is 23.5 Å². The van der Waals surface area contributed by atoms with Crippen LogP contribution in [0.2, 0.25) is 0 Å². The summed E-state index contributed by atoms with van der Waals surface area (Å²) in [6.45, 7) is 0.943. The molecule has 2 aromatic heterocycles. The summed E-state index contributed by atoms with van der Waals surface area (Å²) in [6, 6.07) is 0. The van der Waals surface area contributed by atoms with Gasteiger partial charge in [0.2, 0.25) is 11.6 Å². The first-order chi connectivity index (χ1) is 15.9. The predicted molar refractivity (Wildman–Crippen MR) is 110 cm³/mol. The number of ether oxygens (including phenoxy) is 1. The molecule has 8 N–H and O–H groups in total. The first-order valence-corrected chi connectivity index (χ1v) is 13.5. The number of rotatable bonds is 8. The number of H-pyrrole nitrogens is 1. The zero-order valence-electron chi connectivity index (χ0n) is 17.1. The average molecular weight is 563 g/mol. The van der Waals surface area contributed by atoms with Crippen molar-refractivity contribution in [2.24, 2.45) is 0 Å². The van der Waals surface area contributed by atoms with E-state index in [-0.39, 0.29) is 17.1 Å². The maximum absolute atomic E-state index is 15.7. The van der Waals surface area contributed by atoms with Crippen LogP contribution in [0.3, 0.4) is 0 Å². The van der Waals surface area contributed by atoms with Gasteiger partial charge in [0.05, 0.1) is 12.4 Å². The van der Waals surface area contributed by atoms with Crippen molar-refractivity contribution in [2.75, 3.05) is 5.73 Å². The van der Waals surface area contributed by atoms with Gasteiger partial charge in [0.25, 0.3) is 5.56 Å². The molecule has 0 spiro atoms. The van der Waals surface area contributed by atoms with Crippen molar-refractivity contribution in [1.82, 2.24) is 19.5 Å². The molecule has 0 saturated carbocycles. The fourth-order valence-corrected chi connectivity index (χ4v) is 6.38. The maximum atomic E-state index is 15.7. The minimum atomic E-state index is -5.83. The molecule has 0 aromatic carbocycles. The third-order valence-electron chi connectivity index (χ3n) is 4.49. The van der Waals surface area contributed by atoms with E-state index in [4.69, 9.17) is 26.7 Å². The van der Waals surface area contributed by atoms with E-state index in [9.17, 15) is 33.4 Å². The van der Waals surface area contributed by atoms with E-state index in [1.54, 1.807) is 5.92 Å². The van der Waals surface area contributed by atoms with Gasteiger partial charge in [-0.25, -0.2) is 23.1 Å². The molecule has 35 heavy (non-hydrogen) atoms. The van der Waals surface area contributed by atoms with Gasteiger partial charge in [-0.2, -0.15) is 13.6 Å². The van der Waals surface area contributed by atoms with Gasteiger partial charge in [0.15, 0.2) is 17.4 Å². The van der Waals surface area contributed by atoms with Crippen LogP contribution in [-0.2, 0) is 31.6 Å². The summed E-state index contributed by atoms with van der Waals surface area (Å²) in [7, 11) is -17.1. The Morgan fingerprint density at radius 3 is 2.51 bits per heavy atom. The maximum Gasteiger partial charge on any atom is 0.490 e. The Morgan fingerprint density at radius 2 is 1.94 bits per heavy atom. The van der Waals surface area contributed by atoms with Gasteiger partial charge in [-0.3, -0.25) is 18.9 Å². The summed E-state index contributed by atoms with van der Waals surface area (Å²) < 4.78 is 67.9. The largest absolute Gasteiger partial charge is 0.490 e. The second kappa shape index (κ2) is 9.12. The molecule has 7 atom stereocenters. The van der Waals surface area contributed by atoms with Crippen molar-refractivity contribution >= 4 is 40.6 Å². The minimum Gasteiger partial charge on any atom is -0.386 e. The molecular weight excluding hydrogens is 546 g/mol. The Kier molecular flexibility index (Phi) is 7.18. The molecule has 22 heteroatoms. The van der Waals surface area contributed by atoms with E-state index in [2.05, 4.69) is 28.1 Å². The van der Waals surface area contributed by atoms with Gasteiger partial charge in [-0.05, 0) is 6.92 Å². The van der Waals surface area contributed by atoms with E-state index in [0.29, 0.717) is 0 Å². The zero-order valence-corrected chi connectivity index (χ0v) is 19.8. The number of hydrogen-bond acceptors (Lipinski definition) is 12. The van der Waals surface area contributed by atoms with E-state index >= 15 is 4.39 Å². The molecule has 0 radical (unpaired) electrons. The normalized spacial score (nSPS) is 29.4. The number of hydrogen-bond donors (Lipinski definition) is 7. The summed E-state index contributed by atoms with van der Waals surface area (Å²) in [5.41, 5.74) is 1.06. The van der Waals surface area contributed by atoms with Crippen molar-refractivity contribution in [2.45, 2.75) is 37.1 Å². The van der Waals surface area contributed by atoms with E-state index in [1.807, 2.05) is 0 Å². The third-order valence-corrected chi connectivity index (χ3v) is 8.42. The molecule has 194 valence electrons. The lowest BCUT2D eigenvalue weighted by Crippen LogP contribution is -2.44. The Hall–Kier alpha value is -2.03. The molecule has 3 rings (SSSR count). The number of halogens is 1. The van der Waals surface area contributed by atoms with Crippen LogP contribution in [-0.4, -0.2) is 68.2 Å². The molecule has 18 nitrogen and oxygen atoms in total. The number of phosphoric acid groups is 3. The van der Waals surface area contributed by atoms with Crippen LogP contribution in [0.1, 0.15) is 13.2 Å². The fraction of sp³-hybridized carbons (Fsp3) is 0.462. The highest BCUT2D eigenvalue weighted by molar-refractivity contribution is 7.66. The minimum absolute atomic E-state index is 0.290. The molecule has 1 fully saturated rings. The predicted octanol–water partition coefficient (Wildman–Crippen LogP) is -0.967. The molecular formula is C13H17FN5O13P3. The highest BCUT2D eigenvalue weighted by Gasteiger charge is 2.60. The number of nitrogens with zero attached hydrogens (tertiary/aromatic N) is 3. The van der Waals surface area contributed by atoms with Crippen molar-refractivity contribution < 1.29 is 60.6 Å². The van der Waals surface area contributed by atoms with Gasteiger partial charge in [-0.1, -0.05) is 5.92 Å². The first kappa shape index (κ1) is 27.6. The number of nitrogens with two attached hydrogens (primary N) is 1. The lowest BCUT2D eigenvalue weighted by atomic mass is 9.95. The standard InChI is InChI=1S/C13H17FN5O13P3/c1-3-13(14)8(20)7(5(2)30-34(25,26)32-35(27,28)31-33(22,23)24)29-11(13)19-4-16-6-9(19)17-12(15)18-10(6)21/h1,4-5,7-8,11,20H,2H3,(H,25,26)(H,27,28)(H2,22,23,24)(H3,15,17,18,21)/t5-,7-,8+,11-,13?/m1/s1. The highest BCUT2D eigenvalue weighted by Crippen LogP contribution is 2.66. The van der Waals surface area contributed by atoms with Crippen LogP contribution in [0.4, 0.5) is 10.3 Å². The van der Waals surface area contributed by atoms with Gasteiger partial charge in [-0.15, -0.1) is 6.42 Å². The number of terminal acetylenes is 1. The van der Waals surface area contributed by atoms with Gasteiger partial charge < -0.3 is 35.2 Å². The number of imidazole rings is 1. The number of anilines is 1. The second-order valence-electron chi connectivity index (χ2n) is 6.99. The molecule has 1 aliphatic heterocycles. The van der Waals surface area contributed by atoms with Crippen LogP contribution < -0.4 is 11.3 Å². The topological polar surface area (TPSA) is 279 Å². The number of alkyl halides is 1. The summed E-state index contributed by atoms with van der Waals surface area (Å²) in [5.74, 6) is 1.32. The Balaban J connectivity index is 1.89. The number of aromatic nitrogens is 4. The number of aromatic amines is 1. The van der Waals surface area contributed by atoms with Crippen LogP contribution >= 0.6 is 23.5 Å². The summed E-state index contributed by atoms with van der Waals surface area (Å²) >= 11 is 0. The molecule has 0 bridgehead atoms. The lowest BCUT2D eigenvalue weighted by molar-refractivity contribution is -0.0754. The highest BCUT2D eigenvalue weighted by atomic mass is 31.3. The number of phosphoric ester groups is 1. The SMILES string of the molecule is C#CC1(F)[C@@H](O)[C@@H]([C@@H](C)OP(=O)(O)OP(=O)(O)OP(=O)(O)O)O[C@H]1n1cnc2c(=O)[nH]c(N)nc21. The van der Waals surface area contributed by atoms with Gasteiger partial charge in [0, 0.05) is 0 Å². The monoisotopic (exact) mass is 563 g/mol. The first-order valence-electron chi connectivity index (χ1n) is 8.94. The number of aliphatic hydroxyl groups is 1. The summed E-state index contributed by atoms with van der Waals surface area (Å²) in [4.78, 5) is 57.8. The van der Waals surface area contributed by atoms with Crippen LogP contribution in [0.15, 0.2) is 11.1 Å². The second-order valence-corrected chi connectivity index (χ2v) is 11.4. The quantitative estimate of drug-likeness (QED) is 0.150. The molecule has 3 heterocycles.